The van der Waals surface area contributed by atoms with Crippen LogP contribution in [0.25, 0.3) is 12.2 Å². The SMILES string of the molecule is N#C[C@@H]1CN(C(=O)N(c2ccccc2)c2ccccc2)CCN1C(=O)N1c2ccccc2C=Cc2ccccc21. The lowest BCUT2D eigenvalue weighted by Gasteiger charge is -2.42. The van der Waals surface area contributed by atoms with Crippen molar-refractivity contribution >= 4 is 47.0 Å². The number of fused-ring (bicyclic) bond motifs is 2. The van der Waals surface area contributed by atoms with Crippen LogP contribution in [0.15, 0.2) is 109 Å². The first-order valence-electron chi connectivity index (χ1n) is 13.2. The zero-order valence-electron chi connectivity index (χ0n) is 21.8. The van der Waals surface area contributed by atoms with E-state index < -0.39 is 6.04 Å². The van der Waals surface area contributed by atoms with Crippen LogP contribution in [0.5, 0.6) is 0 Å². The molecule has 1 atom stereocenters. The number of anilines is 4. The van der Waals surface area contributed by atoms with Crippen molar-refractivity contribution in [3.63, 3.8) is 0 Å². The van der Waals surface area contributed by atoms with Gasteiger partial charge in [-0.15, -0.1) is 0 Å². The normalized spacial score (nSPS) is 15.9. The Bertz CT molecular complexity index is 1520. The van der Waals surface area contributed by atoms with Crippen LogP contribution in [-0.4, -0.2) is 47.5 Å². The van der Waals surface area contributed by atoms with E-state index in [0.29, 0.717) is 6.54 Å². The lowest BCUT2D eigenvalue weighted by atomic mass is 10.1. The van der Waals surface area contributed by atoms with Gasteiger partial charge in [-0.25, -0.2) is 9.59 Å². The van der Waals surface area contributed by atoms with Crippen molar-refractivity contribution in [1.29, 1.82) is 5.26 Å². The molecule has 196 valence electrons. The van der Waals surface area contributed by atoms with Crippen LogP contribution in [0.4, 0.5) is 32.3 Å². The van der Waals surface area contributed by atoms with Gasteiger partial charge >= 0.3 is 12.1 Å². The molecule has 0 saturated carbocycles. The summed E-state index contributed by atoms with van der Waals surface area (Å²) in [6.45, 7) is 0.634. The van der Waals surface area contributed by atoms with Crippen molar-refractivity contribution in [2.24, 2.45) is 0 Å². The van der Waals surface area contributed by atoms with E-state index in [1.807, 2.05) is 121 Å². The van der Waals surface area contributed by atoms with E-state index in [2.05, 4.69) is 6.07 Å². The van der Waals surface area contributed by atoms with Crippen LogP contribution in [0.3, 0.4) is 0 Å². The van der Waals surface area contributed by atoms with E-state index in [1.54, 1.807) is 19.6 Å². The third kappa shape index (κ3) is 4.56. The zero-order valence-corrected chi connectivity index (χ0v) is 21.8. The van der Waals surface area contributed by atoms with E-state index in [0.717, 1.165) is 33.9 Å². The molecule has 0 unspecified atom stereocenters. The van der Waals surface area contributed by atoms with E-state index in [-0.39, 0.29) is 25.2 Å². The lowest BCUT2D eigenvalue weighted by molar-refractivity contribution is 0.132. The van der Waals surface area contributed by atoms with Crippen molar-refractivity contribution in [2.75, 3.05) is 29.4 Å². The first-order valence-corrected chi connectivity index (χ1v) is 13.2. The summed E-state index contributed by atoms with van der Waals surface area (Å²) in [6.07, 6.45) is 4.00. The molecule has 7 heteroatoms. The fourth-order valence-electron chi connectivity index (χ4n) is 5.27. The van der Waals surface area contributed by atoms with Crippen LogP contribution in [-0.2, 0) is 0 Å². The van der Waals surface area contributed by atoms with Gasteiger partial charge in [-0.3, -0.25) is 9.80 Å². The number of hydrogen-bond donors (Lipinski definition) is 0. The topological polar surface area (TPSA) is 70.9 Å². The maximum Gasteiger partial charge on any atom is 0.330 e. The summed E-state index contributed by atoms with van der Waals surface area (Å²) >= 11 is 0. The standard InChI is InChI=1S/C33H27N5O2/c34-23-29-24-35(32(39)37(27-13-3-1-4-14-27)28-15-5-2-6-16-28)21-22-36(29)33(40)38-30-17-9-7-11-25(30)19-20-26-12-8-10-18-31(26)38/h1-20,29H,21-22,24H2/t29-/m1/s1. The van der Waals surface area contributed by atoms with Crippen molar-refractivity contribution in [3.05, 3.63) is 120 Å². The van der Waals surface area contributed by atoms with Gasteiger partial charge in [0.1, 0.15) is 6.04 Å². The smallest absolute Gasteiger partial charge is 0.319 e. The number of nitriles is 1. The number of piperazine rings is 1. The van der Waals surface area contributed by atoms with E-state index in [4.69, 9.17) is 0 Å². The number of benzene rings is 4. The quantitative estimate of drug-likeness (QED) is 0.286. The Kier molecular flexibility index (Phi) is 6.73. The summed E-state index contributed by atoms with van der Waals surface area (Å²) < 4.78 is 0. The van der Waals surface area contributed by atoms with Crippen molar-refractivity contribution in [1.82, 2.24) is 9.80 Å². The molecule has 2 heterocycles. The summed E-state index contributed by atoms with van der Waals surface area (Å²) in [5.41, 5.74) is 4.80. The Morgan fingerprint density at radius 1 is 0.700 bits per heavy atom. The highest BCUT2D eigenvalue weighted by Gasteiger charge is 2.38. The first kappa shape index (κ1) is 25.0. The predicted octanol–water partition coefficient (Wildman–Crippen LogP) is 6.90. The van der Waals surface area contributed by atoms with Crippen molar-refractivity contribution in [3.8, 4) is 6.07 Å². The van der Waals surface area contributed by atoms with E-state index >= 15 is 0 Å². The number of rotatable bonds is 2. The molecular formula is C33H27N5O2. The van der Waals surface area contributed by atoms with Crippen LogP contribution >= 0.6 is 0 Å². The summed E-state index contributed by atoms with van der Waals surface area (Å²) in [6, 6.07) is 35.3. The van der Waals surface area contributed by atoms with Gasteiger partial charge in [-0.2, -0.15) is 5.26 Å². The third-order valence-electron chi connectivity index (χ3n) is 7.25. The maximum atomic E-state index is 14.2. The molecule has 0 spiro atoms. The Morgan fingerprint density at radius 3 is 1.73 bits per heavy atom. The minimum atomic E-state index is -0.811. The highest BCUT2D eigenvalue weighted by molar-refractivity contribution is 6.06. The van der Waals surface area contributed by atoms with E-state index in [9.17, 15) is 14.9 Å². The largest absolute Gasteiger partial charge is 0.330 e. The molecule has 1 fully saturated rings. The number of para-hydroxylation sites is 4. The summed E-state index contributed by atoms with van der Waals surface area (Å²) in [5.74, 6) is 0. The Hall–Kier alpha value is -5.35. The van der Waals surface area contributed by atoms with Gasteiger partial charge < -0.3 is 9.80 Å². The lowest BCUT2D eigenvalue weighted by Crippen LogP contribution is -2.60. The number of carbonyl (C=O) groups is 2. The minimum Gasteiger partial charge on any atom is -0.319 e. The number of amides is 4. The molecular weight excluding hydrogens is 498 g/mol. The molecule has 0 N–H and O–H groups in total. The van der Waals surface area contributed by atoms with Crippen LogP contribution in [0, 0.1) is 11.3 Å². The number of nitrogens with zero attached hydrogens (tertiary/aromatic N) is 5. The Labute approximate surface area is 233 Å². The summed E-state index contributed by atoms with van der Waals surface area (Å²) in [4.78, 5) is 34.7. The van der Waals surface area contributed by atoms with E-state index in [1.165, 1.54) is 0 Å². The van der Waals surface area contributed by atoms with Gasteiger partial charge in [-0.05, 0) is 47.5 Å². The second kappa shape index (κ2) is 10.8. The van der Waals surface area contributed by atoms with Crippen LogP contribution < -0.4 is 9.80 Å². The average Bonchev–Trinajstić information content (AvgIpc) is 3.18. The monoisotopic (exact) mass is 525 g/mol. The molecule has 0 bridgehead atoms. The average molecular weight is 526 g/mol. The molecule has 2 aliphatic rings. The first-order chi connectivity index (χ1) is 19.7. The second-order valence-corrected chi connectivity index (χ2v) is 9.64. The summed E-state index contributed by atoms with van der Waals surface area (Å²) in [5, 5.41) is 10.2. The van der Waals surface area contributed by atoms with Gasteiger partial charge in [0.05, 0.1) is 35.4 Å². The van der Waals surface area contributed by atoms with Gasteiger partial charge in [0.15, 0.2) is 0 Å². The number of urea groups is 2. The zero-order chi connectivity index (χ0) is 27.5. The van der Waals surface area contributed by atoms with Gasteiger partial charge in [0.25, 0.3) is 0 Å². The molecule has 4 amide bonds. The fourth-order valence-corrected chi connectivity index (χ4v) is 5.27. The minimum absolute atomic E-state index is 0.104. The third-order valence-corrected chi connectivity index (χ3v) is 7.25. The number of carbonyl (C=O) groups excluding carboxylic acids is 2. The molecule has 0 aromatic heterocycles. The molecule has 0 aliphatic carbocycles. The summed E-state index contributed by atoms with van der Waals surface area (Å²) in [7, 11) is 0. The molecule has 2 aliphatic heterocycles. The fraction of sp³-hybridized carbons (Fsp3) is 0.121. The van der Waals surface area contributed by atoms with Gasteiger partial charge in [-0.1, -0.05) is 84.9 Å². The predicted molar refractivity (Wildman–Crippen MR) is 157 cm³/mol. The molecule has 6 rings (SSSR count). The Morgan fingerprint density at radius 2 is 1.20 bits per heavy atom. The molecule has 4 aromatic carbocycles. The second-order valence-electron chi connectivity index (χ2n) is 9.64. The van der Waals surface area contributed by atoms with Crippen molar-refractivity contribution < 1.29 is 9.59 Å². The molecule has 1 saturated heterocycles. The molecule has 4 aromatic rings. The van der Waals surface area contributed by atoms with Gasteiger partial charge in [0.2, 0.25) is 0 Å². The highest BCUT2D eigenvalue weighted by Crippen LogP contribution is 2.37. The number of hydrogen-bond acceptors (Lipinski definition) is 3. The molecule has 40 heavy (non-hydrogen) atoms. The highest BCUT2D eigenvalue weighted by atomic mass is 16.2. The Balaban J connectivity index is 1.30. The van der Waals surface area contributed by atoms with Gasteiger partial charge in [0, 0.05) is 13.1 Å². The maximum absolute atomic E-state index is 14.2. The van der Waals surface area contributed by atoms with Crippen LogP contribution in [0.1, 0.15) is 11.1 Å². The van der Waals surface area contributed by atoms with Crippen molar-refractivity contribution in [2.45, 2.75) is 6.04 Å². The molecule has 0 radical (unpaired) electrons. The molecule has 7 nitrogen and oxygen atoms in total. The van der Waals surface area contributed by atoms with Crippen LogP contribution in [0.2, 0.25) is 0 Å².